The van der Waals surface area contributed by atoms with E-state index in [2.05, 4.69) is 10.2 Å². The molecule has 1 atom stereocenters. The molecule has 2 aromatic carbocycles. The number of carbonyl (C=O) groups is 1. The highest BCUT2D eigenvalue weighted by atomic mass is 19.4. The molecule has 2 heterocycles. The molecule has 0 spiro atoms. The van der Waals surface area contributed by atoms with Crippen molar-refractivity contribution < 1.29 is 22.7 Å². The van der Waals surface area contributed by atoms with Gasteiger partial charge in [0.05, 0.1) is 24.4 Å². The monoisotopic (exact) mass is 429 g/mol. The molecule has 0 radical (unpaired) electrons. The summed E-state index contributed by atoms with van der Waals surface area (Å²) >= 11 is 0. The standard InChI is InChI=1S/C23H22F3N3O2/c1-22(2,3)20-17-18(27-28-20)21(30)29(14-11-9-13(10-12-14)23(24,25)26)19(17)15-7-5-6-8-16(15)31-4/h5-12,19H,1-4H3,(H,27,28). The molecule has 5 nitrogen and oxygen atoms in total. The fourth-order valence-corrected chi connectivity index (χ4v) is 3.98. The van der Waals surface area contributed by atoms with Crippen molar-refractivity contribution in [3.63, 3.8) is 0 Å². The Hall–Kier alpha value is -3.29. The number of hydrogen-bond acceptors (Lipinski definition) is 3. The van der Waals surface area contributed by atoms with E-state index in [1.165, 1.54) is 17.0 Å². The SMILES string of the molecule is COc1ccccc1C1c2c(C(C)(C)C)n[nH]c2C(=O)N1c1ccc(C(F)(F)F)cc1. The molecule has 0 fully saturated rings. The van der Waals surface area contributed by atoms with E-state index in [9.17, 15) is 18.0 Å². The van der Waals surface area contributed by atoms with E-state index >= 15 is 0 Å². The Morgan fingerprint density at radius 1 is 1.03 bits per heavy atom. The first-order chi connectivity index (χ1) is 14.5. The number of ether oxygens (including phenoxy) is 1. The summed E-state index contributed by atoms with van der Waals surface area (Å²) in [4.78, 5) is 14.9. The second kappa shape index (κ2) is 7.14. The molecule has 1 aliphatic heterocycles. The molecule has 1 amide bonds. The number of amides is 1. The maximum absolute atomic E-state index is 13.4. The maximum Gasteiger partial charge on any atom is 0.416 e. The highest BCUT2D eigenvalue weighted by Gasteiger charge is 2.45. The molecule has 0 bridgehead atoms. The van der Waals surface area contributed by atoms with Crippen LogP contribution < -0.4 is 9.64 Å². The van der Waals surface area contributed by atoms with E-state index in [4.69, 9.17) is 4.74 Å². The van der Waals surface area contributed by atoms with Crippen LogP contribution in [0.4, 0.5) is 18.9 Å². The van der Waals surface area contributed by atoms with Gasteiger partial charge in [-0.25, -0.2) is 0 Å². The fourth-order valence-electron chi connectivity index (χ4n) is 3.98. The summed E-state index contributed by atoms with van der Waals surface area (Å²) in [6.45, 7) is 5.98. The van der Waals surface area contributed by atoms with Gasteiger partial charge in [-0.3, -0.25) is 14.8 Å². The Morgan fingerprint density at radius 3 is 2.26 bits per heavy atom. The van der Waals surface area contributed by atoms with Crippen molar-refractivity contribution in [3.8, 4) is 5.75 Å². The predicted octanol–water partition coefficient (Wildman–Crippen LogP) is 5.48. The molecular formula is C23H22F3N3O2. The zero-order valence-corrected chi connectivity index (χ0v) is 17.5. The minimum Gasteiger partial charge on any atom is -0.496 e. The smallest absolute Gasteiger partial charge is 0.416 e. The maximum atomic E-state index is 13.4. The minimum absolute atomic E-state index is 0.334. The van der Waals surface area contributed by atoms with Crippen LogP contribution in [0.5, 0.6) is 5.75 Å². The Balaban J connectivity index is 1.92. The van der Waals surface area contributed by atoms with E-state index < -0.39 is 17.8 Å². The summed E-state index contributed by atoms with van der Waals surface area (Å²) in [6, 6.07) is 11.3. The van der Waals surface area contributed by atoms with Crippen LogP contribution in [0.3, 0.4) is 0 Å². The van der Waals surface area contributed by atoms with Crippen molar-refractivity contribution in [1.29, 1.82) is 0 Å². The van der Waals surface area contributed by atoms with Crippen molar-refractivity contribution in [2.75, 3.05) is 12.0 Å². The molecule has 0 aliphatic carbocycles. The molecule has 1 aromatic heterocycles. The number of fused-ring (bicyclic) bond motifs is 1. The Morgan fingerprint density at radius 2 is 1.68 bits per heavy atom. The molecule has 8 heteroatoms. The number of rotatable bonds is 3. The van der Waals surface area contributed by atoms with E-state index in [0.717, 1.165) is 23.4 Å². The van der Waals surface area contributed by atoms with Crippen molar-refractivity contribution in [3.05, 3.63) is 76.6 Å². The molecule has 3 aromatic rings. The molecule has 1 N–H and O–H groups in total. The van der Waals surface area contributed by atoms with Gasteiger partial charge in [0.2, 0.25) is 0 Å². The second-order valence-corrected chi connectivity index (χ2v) is 8.48. The number of nitrogens with zero attached hydrogens (tertiary/aromatic N) is 2. The molecule has 1 unspecified atom stereocenters. The first-order valence-electron chi connectivity index (χ1n) is 9.76. The first kappa shape index (κ1) is 21.0. The fraction of sp³-hybridized carbons (Fsp3) is 0.304. The molecule has 0 saturated heterocycles. The van der Waals surface area contributed by atoms with Gasteiger partial charge in [-0.15, -0.1) is 0 Å². The third-order valence-corrected chi connectivity index (χ3v) is 5.38. The zero-order chi connectivity index (χ0) is 22.6. The van der Waals surface area contributed by atoms with Crippen LogP contribution in [0.1, 0.15) is 59.7 Å². The summed E-state index contributed by atoms with van der Waals surface area (Å²) in [7, 11) is 1.54. The van der Waals surface area contributed by atoms with Crippen LogP contribution >= 0.6 is 0 Å². The Bertz CT molecular complexity index is 1130. The van der Waals surface area contributed by atoms with Gasteiger partial charge < -0.3 is 4.74 Å². The number of aromatic amines is 1. The Labute approximate surface area is 177 Å². The molecular weight excluding hydrogens is 407 g/mol. The van der Waals surface area contributed by atoms with Gasteiger partial charge >= 0.3 is 6.18 Å². The number of methoxy groups -OCH3 is 1. The van der Waals surface area contributed by atoms with Gasteiger partial charge in [-0.2, -0.15) is 18.3 Å². The van der Waals surface area contributed by atoms with Crippen molar-refractivity contribution in [2.24, 2.45) is 0 Å². The molecule has 4 rings (SSSR count). The summed E-state index contributed by atoms with van der Waals surface area (Å²) in [6.07, 6.45) is -4.46. The minimum atomic E-state index is -4.46. The number of aromatic nitrogens is 2. The number of H-pyrrole nitrogens is 1. The lowest BCUT2D eigenvalue weighted by molar-refractivity contribution is -0.137. The number of halogens is 3. The normalized spacial score (nSPS) is 16.5. The predicted molar refractivity (Wildman–Crippen MR) is 110 cm³/mol. The number of alkyl halides is 3. The van der Waals surface area contributed by atoms with Gasteiger partial charge in [0.1, 0.15) is 11.4 Å². The first-order valence-corrected chi connectivity index (χ1v) is 9.76. The van der Waals surface area contributed by atoms with Crippen LogP contribution in [0, 0.1) is 0 Å². The number of nitrogens with one attached hydrogen (secondary N) is 1. The highest BCUT2D eigenvalue weighted by Crippen LogP contribution is 2.47. The summed E-state index contributed by atoms with van der Waals surface area (Å²) in [5.74, 6) is 0.222. The lowest BCUT2D eigenvalue weighted by atomic mass is 9.85. The van der Waals surface area contributed by atoms with Gasteiger partial charge in [0, 0.05) is 22.2 Å². The van der Waals surface area contributed by atoms with Gasteiger partial charge in [0.15, 0.2) is 0 Å². The number of anilines is 1. The van der Waals surface area contributed by atoms with Crippen LogP contribution in [0.2, 0.25) is 0 Å². The van der Waals surface area contributed by atoms with Gasteiger partial charge in [-0.1, -0.05) is 39.0 Å². The van der Waals surface area contributed by atoms with E-state index in [1.54, 1.807) is 13.2 Å². The third kappa shape index (κ3) is 3.45. The molecule has 1 aliphatic rings. The van der Waals surface area contributed by atoms with Crippen LogP contribution in [0.25, 0.3) is 0 Å². The van der Waals surface area contributed by atoms with Crippen LogP contribution in [0.15, 0.2) is 48.5 Å². The number of para-hydroxylation sites is 1. The number of carbonyl (C=O) groups excluding carboxylic acids is 1. The summed E-state index contributed by atoms with van der Waals surface area (Å²) < 4.78 is 44.7. The van der Waals surface area contributed by atoms with Gasteiger partial charge in [-0.05, 0) is 30.3 Å². The second-order valence-electron chi connectivity index (χ2n) is 8.48. The lowest BCUT2D eigenvalue weighted by Gasteiger charge is -2.29. The molecule has 162 valence electrons. The lowest BCUT2D eigenvalue weighted by Crippen LogP contribution is -2.30. The van der Waals surface area contributed by atoms with E-state index in [1.807, 2.05) is 39.0 Å². The van der Waals surface area contributed by atoms with Crippen molar-refractivity contribution in [2.45, 2.75) is 38.4 Å². The average Bonchev–Trinajstić information content (AvgIpc) is 3.26. The molecule has 0 saturated carbocycles. The average molecular weight is 429 g/mol. The number of hydrogen-bond donors (Lipinski definition) is 1. The van der Waals surface area contributed by atoms with Gasteiger partial charge in [0.25, 0.3) is 5.91 Å². The summed E-state index contributed by atoms with van der Waals surface area (Å²) in [5.41, 5.74) is 1.72. The largest absolute Gasteiger partial charge is 0.496 e. The molecule has 31 heavy (non-hydrogen) atoms. The highest BCUT2D eigenvalue weighted by molar-refractivity contribution is 6.10. The van der Waals surface area contributed by atoms with Crippen molar-refractivity contribution in [1.82, 2.24) is 10.2 Å². The van der Waals surface area contributed by atoms with E-state index in [-0.39, 0.29) is 11.3 Å². The third-order valence-electron chi connectivity index (χ3n) is 5.38. The van der Waals surface area contributed by atoms with Crippen LogP contribution in [-0.2, 0) is 11.6 Å². The van der Waals surface area contributed by atoms with Crippen LogP contribution in [-0.4, -0.2) is 23.2 Å². The Kier molecular flexibility index (Phi) is 4.83. The zero-order valence-electron chi connectivity index (χ0n) is 17.5. The van der Waals surface area contributed by atoms with Crippen molar-refractivity contribution >= 4 is 11.6 Å². The quantitative estimate of drug-likeness (QED) is 0.599. The topological polar surface area (TPSA) is 58.2 Å². The summed E-state index contributed by atoms with van der Waals surface area (Å²) in [5, 5.41) is 7.26. The van der Waals surface area contributed by atoms with E-state index in [0.29, 0.717) is 22.7 Å². The number of benzene rings is 2.